The molecule has 0 unspecified atom stereocenters. The molecule has 25 heavy (non-hydrogen) atoms. The van der Waals surface area contributed by atoms with Crippen LogP contribution in [0.2, 0.25) is 0 Å². The quantitative estimate of drug-likeness (QED) is 0.766. The largest absolute Gasteiger partial charge is 0.441 e. The number of hydrogen-bond acceptors (Lipinski definition) is 4. The Balaban J connectivity index is 1.55. The van der Waals surface area contributed by atoms with Gasteiger partial charge in [0.2, 0.25) is 5.91 Å². The van der Waals surface area contributed by atoms with Gasteiger partial charge in [0.25, 0.3) is 0 Å². The highest BCUT2D eigenvalue weighted by Crippen LogP contribution is 2.21. The standard InChI is InChI=1S/C19H14FN3O2/c20-15-5-3-14(4-6-15)17-12-22-19(25-17)10-9-18(24)23-16-7-1-13(11-21)2-8-16/h1-8,12H,9-10H2,(H,23,24). The van der Waals surface area contributed by atoms with E-state index < -0.39 is 0 Å². The normalized spacial score (nSPS) is 10.2. The molecule has 0 saturated carbocycles. The Kier molecular flexibility index (Phi) is 4.86. The van der Waals surface area contributed by atoms with E-state index in [2.05, 4.69) is 10.3 Å². The van der Waals surface area contributed by atoms with Gasteiger partial charge >= 0.3 is 0 Å². The van der Waals surface area contributed by atoms with Gasteiger partial charge in [0.1, 0.15) is 5.82 Å². The zero-order valence-electron chi connectivity index (χ0n) is 13.2. The first-order chi connectivity index (χ1) is 12.1. The summed E-state index contributed by atoms with van der Waals surface area (Å²) in [6.45, 7) is 0. The topological polar surface area (TPSA) is 78.9 Å². The van der Waals surface area contributed by atoms with E-state index in [1.54, 1.807) is 42.6 Å². The van der Waals surface area contributed by atoms with Gasteiger partial charge in [-0.25, -0.2) is 9.37 Å². The van der Waals surface area contributed by atoms with Gasteiger partial charge < -0.3 is 9.73 Å². The first-order valence-electron chi connectivity index (χ1n) is 7.65. The summed E-state index contributed by atoms with van der Waals surface area (Å²) < 4.78 is 18.5. The fraction of sp³-hybridized carbons (Fsp3) is 0.105. The lowest BCUT2D eigenvalue weighted by Gasteiger charge is -2.04. The molecule has 0 saturated heterocycles. The van der Waals surface area contributed by atoms with Crippen LogP contribution in [-0.2, 0) is 11.2 Å². The van der Waals surface area contributed by atoms with Crippen molar-refractivity contribution < 1.29 is 13.6 Å². The van der Waals surface area contributed by atoms with Crippen molar-refractivity contribution in [3.05, 3.63) is 72.0 Å². The maximum absolute atomic E-state index is 12.9. The molecular weight excluding hydrogens is 321 g/mol. The highest BCUT2D eigenvalue weighted by molar-refractivity contribution is 5.90. The van der Waals surface area contributed by atoms with E-state index in [0.717, 1.165) is 5.56 Å². The number of carbonyl (C=O) groups excluding carboxylic acids is 1. The van der Waals surface area contributed by atoms with Crippen LogP contribution in [0.15, 0.2) is 59.1 Å². The molecule has 5 nitrogen and oxygen atoms in total. The zero-order valence-corrected chi connectivity index (χ0v) is 13.2. The highest BCUT2D eigenvalue weighted by atomic mass is 19.1. The molecule has 0 radical (unpaired) electrons. The van der Waals surface area contributed by atoms with Crippen LogP contribution in [0.3, 0.4) is 0 Å². The Morgan fingerprint density at radius 1 is 1.16 bits per heavy atom. The lowest BCUT2D eigenvalue weighted by Crippen LogP contribution is -2.12. The van der Waals surface area contributed by atoms with Crippen molar-refractivity contribution in [2.75, 3.05) is 5.32 Å². The van der Waals surface area contributed by atoms with E-state index in [-0.39, 0.29) is 18.1 Å². The van der Waals surface area contributed by atoms with Crippen LogP contribution in [0.5, 0.6) is 0 Å². The molecule has 1 aromatic heterocycles. The number of nitriles is 1. The summed E-state index contributed by atoms with van der Waals surface area (Å²) in [7, 11) is 0. The summed E-state index contributed by atoms with van der Waals surface area (Å²) in [6.07, 6.45) is 2.12. The molecule has 0 aliphatic carbocycles. The smallest absolute Gasteiger partial charge is 0.224 e. The number of nitrogens with one attached hydrogen (secondary N) is 1. The van der Waals surface area contributed by atoms with Crippen LogP contribution >= 0.6 is 0 Å². The summed E-state index contributed by atoms with van der Waals surface area (Å²) in [5, 5.41) is 11.5. The number of nitrogens with zero attached hydrogens (tertiary/aromatic N) is 2. The minimum Gasteiger partial charge on any atom is -0.441 e. The number of rotatable bonds is 5. The number of oxazole rings is 1. The van der Waals surface area contributed by atoms with E-state index in [0.29, 0.717) is 29.3 Å². The fourth-order valence-electron chi connectivity index (χ4n) is 2.25. The minimum atomic E-state index is -0.317. The molecule has 1 heterocycles. The Morgan fingerprint density at radius 2 is 1.88 bits per heavy atom. The van der Waals surface area contributed by atoms with E-state index in [9.17, 15) is 9.18 Å². The predicted octanol–water partition coefficient (Wildman–Crippen LogP) is 3.92. The number of anilines is 1. The molecule has 3 aromatic rings. The molecule has 3 rings (SSSR count). The average molecular weight is 335 g/mol. The summed E-state index contributed by atoms with van der Waals surface area (Å²) in [6, 6.07) is 14.6. The van der Waals surface area contributed by atoms with Gasteiger partial charge in [-0.2, -0.15) is 5.26 Å². The third kappa shape index (κ3) is 4.30. The van der Waals surface area contributed by atoms with Crippen LogP contribution in [0.4, 0.5) is 10.1 Å². The SMILES string of the molecule is N#Cc1ccc(NC(=O)CCc2ncc(-c3ccc(F)cc3)o2)cc1. The average Bonchev–Trinajstić information content (AvgIpc) is 3.10. The summed E-state index contributed by atoms with van der Waals surface area (Å²) in [4.78, 5) is 16.1. The van der Waals surface area contributed by atoms with Gasteiger partial charge in [0.05, 0.1) is 17.8 Å². The molecule has 1 N–H and O–H groups in total. The molecule has 6 heteroatoms. The van der Waals surface area contributed by atoms with Crippen molar-refractivity contribution in [2.45, 2.75) is 12.8 Å². The number of aryl methyl sites for hydroxylation is 1. The number of carbonyl (C=O) groups is 1. The van der Waals surface area contributed by atoms with Crippen molar-refractivity contribution in [2.24, 2.45) is 0 Å². The summed E-state index contributed by atoms with van der Waals surface area (Å²) >= 11 is 0. The van der Waals surface area contributed by atoms with Crippen molar-refractivity contribution in [3.63, 3.8) is 0 Å². The molecular formula is C19H14FN3O2. The molecule has 0 fully saturated rings. The van der Waals surface area contributed by atoms with Gasteiger partial charge in [-0.3, -0.25) is 4.79 Å². The van der Waals surface area contributed by atoms with Gasteiger partial charge in [-0.15, -0.1) is 0 Å². The molecule has 2 aromatic carbocycles. The van der Waals surface area contributed by atoms with E-state index in [1.165, 1.54) is 12.1 Å². The molecule has 0 aliphatic heterocycles. The Labute approximate surface area is 143 Å². The Morgan fingerprint density at radius 3 is 2.56 bits per heavy atom. The van der Waals surface area contributed by atoms with Crippen LogP contribution in [0.1, 0.15) is 17.9 Å². The molecule has 124 valence electrons. The van der Waals surface area contributed by atoms with Crippen molar-refractivity contribution >= 4 is 11.6 Å². The predicted molar refractivity (Wildman–Crippen MR) is 90.0 cm³/mol. The van der Waals surface area contributed by atoms with Gasteiger partial charge in [0, 0.05) is 24.1 Å². The molecule has 1 amide bonds. The Hall–Kier alpha value is -3.46. The van der Waals surface area contributed by atoms with Crippen LogP contribution in [-0.4, -0.2) is 10.9 Å². The second-order valence-corrected chi connectivity index (χ2v) is 5.36. The maximum atomic E-state index is 12.9. The van der Waals surface area contributed by atoms with Crippen molar-refractivity contribution in [1.29, 1.82) is 5.26 Å². The highest BCUT2D eigenvalue weighted by Gasteiger charge is 2.09. The fourth-order valence-corrected chi connectivity index (χ4v) is 2.25. The Bertz CT molecular complexity index is 909. The summed E-state index contributed by atoms with van der Waals surface area (Å²) in [5.74, 6) is 0.478. The first-order valence-corrected chi connectivity index (χ1v) is 7.65. The molecule has 0 bridgehead atoms. The number of aromatic nitrogens is 1. The lowest BCUT2D eigenvalue weighted by atomic mass is 10.2. The monoisotopic (exact) mass is 335 g/mol. The third-order valence-corrected chi connectivity index (χ3v) is 3.55. The first kappa shape index (κ1) is 16.4. The second-order valence-electron chi connectivity index (χ2n) is 5.36. The molecule has 0 aliphatic rings. The third-order valence-electron chi connectivity index (χ3n) is 3.55. The van der Waals surface area contributed by atoms with E-state index >= 15 is 0 Å². The van der Waals surface area contributed by atoms with Crippen molar-refractivity contribution in [3.8, 4) is 17.4 Å². The zero-order chi connectivity index (χ0) is 17.6. The molecule has 0 atom stereocenters. The number of halogens is 1. The minimum absolute atomic E-state index is 0.175. The summed E-state index contributed by atoms with van der Waals surface area (Å²) in [5.41, 5.74) is 1.89. The van der Waals surface area contributed by atoms with Crippen LogP contribution in [0, 0.1) is 17.1 Å². The maximum Gasteiger partial charge on any atom is 0.224 e. The number of hydrogen-bond donors (Lipinski definition) is 1. The van der Waals surface area contributed by atoms with Gasteiger partial charge in [-0.05, 0) is 48.5 Å². The lowest BCUT2D eigenvalue weighted by molar-refractivity contribution is -0.116. The number of amides is 1. The van der Waals surface area contributed by atoms with Crippen molar-refractivity contribution in [1.82, 2.24) is 4.98 Å². The van der Waals surface area contributed by atoms with Crippen LogP contribution in [0.25, 0.3) is 11.3 Å². The second kappa shape index (κ2) is 7.41. The number of benzene rings is 2. The van der Waals surface area contributed by atoms with Crippen LogP contribution < -0.4 is 5.32 Å². The van der Waals surface area contributed by atoms with Gasteiger partial charge in [-0.1, -0.05) is 0 Å². The van der Waals surface area contributed by atoms with E-state index in [4.69, 9.17) is 9.68 Å². The molecule has 0 spiro atoms. The van der Waals surface area contributed by atoms with E-state index in [1.807, 2.05) is 6.07 Å². The van der Waals surface area contributed by atoms with Gasteiger partial charge in [0.15, 0.2) is 11.7 Å².